The average molecular weight is 450 g/mol. The molecule has 1 saturated heterocycles. The highest BCUT2D eigenvalue weighted by Gasteiger charge is 2.41. The third-order valence-corrected chi connectivity index (χ3v) is 5.42. The van der Waals surface area contributed by atoms with Gasteiger partial charge in [0.25, 0.3) is 0 Å². The lowest BCUT2D eigenvalue weighted by molar-refractivity contribution is -0.230. The van der Waals surface area contributed by atoms with Gasteiger partial charge in [0, 0.05) is 18.6 Å². The minimum Gasteiger partial charge on any atom is -0.507 e. The van der Waals surface area contributed by atoms with E-state index in [4.69, 9.17) is 14.2 Å². The number of rotatable bonds is 4. The molecule has 6 atom stereocenters. The molecule has 172 valence electrons. The molecular formula is C21H22O11. The van der Waals surface area contributed by atoms with Gasteiger partial charge in [0.05, 0.1) is 12.7 Å². The van der Waals surface area contributed by atoms with Crippen molar-refractivity contribution in [1.82, 2.24) is 0 Å². The Hall–Kier alpha value is -3.09. The molecule has 0 aliphatic carbocycles. The van der Waals surface area contributed by atoms with E-state index < -0.39 is 60.7 Å². The summed E-state index contributed by atoms with van der Waals surface area (Å²) in [4.78, 5) is 12.7. The van der Waals surface area contributed by atoms with E-state index in [2.05, 4.69) is 0 Å². The number of ketones is 1. The second-order valence-corrected chi connectivity index (χ2v) is 7.61. The number of benzene rings is 2. The van der Waals surface area contributed by atoms with Gasteiger partial charge in [-0.3, -0.25) is 4.79 Å². The van der Waals surface area contributed by atoms with Gasteiger partial charge in [0.1, 0.15) is 35.0 Å². The fraction of sp³-hybridized carbons (Fsp3) is 0.381. The molecule has 11 nitrogen and oxygen atoms in total. The van der Waals surface area contributed by atoms with E-state index >= 15 is 0 Å². The van der Waals surface area contributed by atoms with Gasteiger partial charge in [0.15, 0.2) is 23.7 Å². The van der Waals surface area contributed by atoms with Crippen LogP contribution >= 0.6 is 0 Å². The van der Waals surface area contributed by atoms with Crippen LogP contribution in [-0.2, 0) is 4.74 Å². The molecule has 4 rings (SSSR count). The van der Waals surface area contributed by atoms with Crippen LogP contribution in [-0.4, -0.2) is 78.8 Å². The number of hydrogen-bond acceptors (Lipinski definition) is 11. The Labute approximate surface area is 181 Å². The Morgan fingerprint density at radius 2 is 1.75 bits per heavy atom. The number of aliphatic hydroxyl groups is 4. The lowest BCUT2D eigenvalue weighted by Crippen LogP contribution is -2.51. The molecule has 1 fully saturated rings. The van der Waals surface area contributed by atoms with Crippen molar-refractivity contribution in [1.29, 1.82) is 0 Å². The Morgan fingerprint density at radius 3 is 2.44 bits per heavy atom. The first-order valence-electron chi connectivity index (χ1n) is 9.76. The van der Waals surface area contributed by atoms with Gasteiger partial charge in [-0.25, -0.2) is 0 Å². The Morgan fingerprint density at radius 1 is 1.00 bits per heavy atom. The Kier molecular flexibility index (Phi) is 5.84. The van der Waals surface area contributed by atoms with E-state index in [1.807, 2.05) is 0 Å². The summed E-state index contributed by atoms with van der Waals surface area (Å²) < 4.78 is 16.7. The van der Waals surface area contributed by atoms with Crippen molar-refractivity contribution in [2.45, 2.75) is 43.2 Å². The van der Waals surface area contributed by atoms with Crippen LogP contribution in [0.2, 0.25) is 0 Å². The molecule has 2 aromatic carbocycles. The Bertz CT molecular complexity index is 1020. The first kappa shape index (κ1) is 22.1. The number of Topliss-reactive ketones (excluding diaryl/α,β-unsaturated/α-hetero) is 1. The van der Waals surface area contributed by atoms with Crippen molar-refractivity contribution in [3.05, 3.63) is 41.5 Å². The summed E-state index contributed by atoms with van der Waals surface area (Å²) in [5.41, 5.74) is -0.0616. The number of fused-ring (bicyclic) bond motifs is 1. The molecule has 2 heterocycles. The molecule has 0 saturated carbocycles. The van der Waals surface area contributed by atoms with Crippen LogP contribution in [0.4, 0.5) is 0 Å². The van der Waals surface area contributed by atoms with Crippen molar-refractivity contribution < 1.29 is 54.8 Å². The molecule has 32 heavy (non-hydrogen) atoms. The number of hydrogen-bond donors (Lipinski definition) is 7. The maximum Gasteiger partial charge on any atom is 0.202 e. The number of aromatic hydroxyl groups is 3. The van der Waals surface area contributed by atoms with Crippen LogP contribution in [0.5, 0.6) is 28.7 Å². The standard InChI is InChI=1S/C21H22O11/c22-7-15-18(27)13(26)6-16(31-15)30-9-4-12(25)17-14(5-9)32-21(20(29)19(17)28)8-1-2-10(23)11(24)3-8/h1-5,13,15-16,18,20-27,29H,6-7H2/t13-,15-,16+,18+,20+,21-/m1/s1. The monoisotopic (exact) mass is 450 g/mol. The minimum absolute atomic E-state index is 0.00280. The topological polar surface area (TPSA) is 186 Å². The molecule has 11 heteroatoms. The fourth-order valence-electron chi connectivity index (χ4n) is 3.73. The van der Waals surface area contributed by atoms with E-state index in [1.165, 1.54) is 18.2 Å². The summed E-state index contributed by atoms with van der Waals surface area (Å²) in [6.45, 7) is -0.551. The first-order chi connectivity index (χ1) is 15.2. The quantitative estimate of drug-likeness (QED) is 0.303. The molecule has 2 aliphatic rings. The largest absolute Gasteiger partial charge is 0.507 e. The third kappa shape index (κ3) is 3.92. The lowest BCUT2D eigenvalue weighted by Gasteiger charge is -2.36. The maximum absolute atomic E-state index is 12.7. The SMILES string of the molecule is O=C1c2c(O)cc(O[C@@H]3C[C@@H](O)[C@H](O)[C@@H](CO)O3)cc2O[C@H](c2ccc(O)c(O)c2)[C@H]1O. The number of carbonyl (C=O) groups is 1. The molecule has 0 radical (unpaired) electrons. The molecule has 0 spiro atoms. The zero-order chi connectivity index (χ0) is 23.2. The zero-order valence-electron chi connectivity index (χ0n) is 16.5. The Balaban J connectivity index is 1.62. The fourth-order valence-corrected chi connectivity index (χ4v) is 3.73. The number of ether oxygens (including phenoxy) is 3. The normalized spacial score (nSPS) is 29.8. The van der Waals surface area contributed by atoms with Crippen LogP contribution < -0.4 is 9.47 Å². The van der Waals surface area contributed by atoms with E-state index in [1.54, 1.807) is 0 Å². The van der Waals surface area contributed by atoms with Gasteiger partial charge in [-0.1, -0.05) is 6.07 Å². The van der Waals surface area contributed by atoms with Gasteiger partial charge >= 0.3 is 0 Å². The van der Waals surface area contributed by atoms with Gasteiger partial charge in [0.2, 0.25) is 12.1 Å². The van der Waals surface area contributed by atoms with Crippen molar-refractivity contribution in [3.8, 4) is 28.7 Å². The summed E-state index contributed by atoms with van der Waals surface area (Å²) in [5.74, 6) is -2.31. The summed E-state index contributed by atoms with van der Waals surface area (Å²) in [7, 11) is 0. The highest BCUT2D eigenvalue weighted by Crippen LogP contribution is 2.43. The summed E-state index contributed by atoms with van der Waals surface area (Å²) in [6, 6.07) is 6.06. The number of carbonyl (C=O) groups excluding carboxylic acids is 1. The molecule has 2 aliphatic heterocycles. The molecule has 7 N–H and O–H groups in total. The van der Waals surface area contributed by atoms with Crippen molar-refractivity contribution >= 4 is 5.78 Å². The number of phenols is 3. The summed E-state index contributed by atoms with van der Waals surface area (Å²) in [5, 5.41) is 69.0. The van der Waals surface area contributed by atoms with Crippen molar-refractivity contribution in [2.75, 3.05) is 6.61 Å². The smallest absolute Gasteiger partial charge is 0.202 e. The van der Waals surface area contributed by atoms with Crippen LogP contribution in [0.25, 0.3) is 0 Å². The van der Waals surface area contributed by atoms with E-state index in [0.717, 1.165) is 12.1 Å². The minimum atomic E-state index is -1.69. The average Bonchev–Trinajstić information content (AvgIpc) is 2.74. The highest BCUT2D eigenvalue weighted by atomic mass is 16.7. The second-order valence-electron chi connectivity index (χ2n) is 7.61. The van der Waals surface area contributed by atoms with Gasteiger partial charge in [-0.15, -0.1) is 0 Å². The molecule has 2 aromatic rings. The molecule has 0 unspecified atom stereocenters. The van der Waals surface area contributed by atoms with E-state index in [0.29, 0.717) is 0 Å². The van der Waals surface area contributed by atoms with Crippen molar-refractivity contribution in [3.63, 3.8) is 0 Å². The van der Waals surface area contributed by atoms with Crippen molar-refractivity contribution in [2.24, 2.45) is 0 Å². The highest BCUT2D eigenvalue weighted by molar-refractivity contribution is 6.05. The van der Waals surface area contributed by atoms with E-state index in [-0.39, 0.29) is 34.8 Å². The number of aliphatic hydroxyl groups excluding tert-OH is 4. The third-order valence-electron chi connectivity index (χ3n) is 5.42. The predicted octanol–water partition coefficient (Wildman–Crippen LogP) is -0.311. The maximum atomic E-state index is 12.7. The molecular weight excluding hydrogens is 428 g/mol. The lowest BCUT2D eigenvalue weighted by atomic mass is 9.92. The van der Waals surface area contributed by atoms with Crippen LogP contribution in [0, 0.1) is 0 Å². The molecule has 0 aromatic heterocycles. The summed E-state index contributed by atoms with van der Waals surface area (Å²) in [6.07, 6.45) is -7.69. The van der Waals surface area contributed by atoms with Crippen LogP contribution in [0.1, 0.15) is 28.4 Å². The summed E-state index contributed by atoms with van der Waals surface area (Å²) >= 11 is 0. The van der Waals surface area contributed by atoms with Crippen LogP contribution in [0.3, 0.4) is 0 Å². The second kappa shape index (κ2) is 8.45. The first-order valence-corrected chi connectivity index (χ1v) is 9.76. The van der Waals surface area contributed by atoms with Crippen LogP contribution in [0.15, 0.2) is 30.3 Å². The zero-order valence-corrected chi connectivity index (χ0v) is 16.5. The molecule has 0 bridgehead atoms. The predicted molar refractivity (Wildman–Crippen MR) is 105 cm³/mol. The van der Waals surface area contributed by atoms with Gasteiger partial charge < -0.3 is 50.0 Å². The number of phenolic OH excluding ortho intramolecular Hbond substituents is 3. The van der Waals surface area contributed by atoms with Gasteiger partial charge in [-0.05, 0) is 17.7 Å². The van der Waals surface area contributed by atoms with Gasteiger partial charge in [-0.2, -0.15) is 0 Å². The molecule has 0 amide bonds. The van der Waals surface area contributed by atoms with E-state index in [9.17, 15) is 40.5 Å².